The monoisotopic (exact) mass is 401 g/mol. The van der Waals surface area contributed by atoms with Crippen molar-refractivity contribution in [2.75, 3.05) is 6.61 Å². The van der Waals surface area contributed by atoms with Crippen molar-refractivity contribution in [2.24, 2.45) is 11.8 Å². The van der Waals surface area contributed by atoms with Crippen molar-refractivity contribution in [3.8, 4) is 0 Å². The number of benzene rings is 1. The number of amides is 2. The molecular weight excluding hydrogens is 369 g/mol. The Hall–Kier alpha value is -1.86. The molecule has 1 aromatic carbocycles. The van der Waals surface area contributed by atoms with E-state index in [4.69, 9.17) is 14.0 Å². The van der Waals surface area contributed by atoms with Gasteiger partial charge >= 0.3 is 13.2 Å². The van der Waals surface area contributed by atoms with E-state index in [1.807, 2.05) is 78.8 Å². The summed E-state index contributed by atoms with van der Waals surface area (Å²) in [5.41, 5.74) is -0.0819. The van der Waals surface area contributed by atoms with Crippen LogP contribution in [0.5, 0.6) is 0 Å². The summed E-state index contributed by atoms with van der Waals surface area (Å²) in [6, 6.07) is 9.50. The molecule has 3 atom stereocenters. The van der Waals surface area contributed by atoms with E-state index in [1.54, 1.807) is 0 Å². The minimum atomic E-state index is -0.600. The van der Waals surface area contributed by atoms with Gasteiger partial charge in [0, 0.05) is 11.7 Å². The fraction of sp³-hybridized carbons (Fsp3) is 0.636. The lowest BCUT2D eigenvalue weighted by Gasteiger charge is -2.32. The van der Waals surface area contributed by atoms with Gasteiger partial charge in [0.05, 0.1) is 17.2 Å². The van der Waals surface area contributed by atoms with Crippen LogP contribution in [0.15, 0.2) is 30.3 Å². The van der Waals surface area contributed by atoms with Gasteiger partial charge in [0.15, 0.2) is 0 Å². The normalized spacial score (nSPS) is 25.2. The van der Waals surface area contributed by atoms with Gasteiger partial charge in [-0.05, 0) is 39.2 Å². The molecule has 0 N–H and O–H groups in total. The van der Waals surface area contributed by atoms with Crippen molar-refractivity contribution in [1.82, 2.24) is 4.90 Å². The van der Waals surface area contributed by atoms with Crippen LogP contribution < -0.4 is 0 Å². The predicted molar refractivity (Wildman–Crippen MR) is 111 cm³/mol. The number of ether oxygens (including phenoxy) is 1. The van der Waals surface area contributed by atoms with Gasteiger partial charge in [0.1, 0.15) is 6.61 Å². The predicted octanol–water partition coefficient (Wildman–Crippen LogP) is 4.04. The Kier molecular flexibility index (Phi) is 5.85. The summed E-state index contributed by atoms with van der Waals surface area (Å²) in [7, 11) is -0.600. The van der Waals surface area contributed by atoms with Gasteiger partial charge in [-0.25, -0.2) is 9.69 Å². The van der Waals surface area contributed by atoms with E-state index in [1.165, 1.54) is 4.90 Å². The van der Waals surface area contributed by atoms with Gasteiger partial charge in [-0.3, -0.25) is 4.79 Å². The van der Waals surface area contributed by atoms with Crippen molar-refractivity contribution >= 4 is 19.1 Å². The van der Waals surface area contributed by atoms with Gasteiger partial charge in [0.25, 0.3) is 0 Å². The molecule has 1 aromatic rings. The second kappa shape index (κ2) is 7.76. The highest BCUT2D eigenvalue weighted by atomic mass is 16.7. The van der Waals surface area contributed by atoms with Gasteiger partial charge in [0.2, 0.25) is 5.91 Å². The van der Waals surface area contributed by atoms with E-state index < -0.39 is 30.3 Å². The first kappa shape index (κ1) is 21.8. The summed E-state index contributed by atoms with van der Waals surface area (Å²) in [5, 5.41) is 0. The Morgan fingerprint density at radius 2 is 1.62 bits per heavy atom. The molecule has 2 aliphatic heterocycles. The smallest absolute Gasteiger partial charge is 0.447 e. The molecule has 2 aliphatic rings. The molecule has 2 fully saturated rings. The summed E-state index contributed by atoms with van der Waals surface area (Å²) in [5.74, 6) is -1.02. The molecule has 7 heteroatoms. The van der Waals surface area contributed by atoms with E-state index in [0.717, 1.165) is 5.56 Å². The van der Waals surface area contributed by atoms with Crippen LogP contribution in [0, 0.1) is 11.8 Å². The number of cyclic esters (lactones) is 1. The number of carbonyl (C=O) groups is 2. The first-order valence-corrected chi connectivity index (χ1v) is 10.4. The van der Waals surface area contributed by atoms with Crippen LogP contribution >= 0.6 is 0 Å². The van der Waals surface area contributed by atoms with E-state index in [9.17, 15) is 9.59 Å². The van der Waals surface area contributed by atoms with E-state index in [0.29, 0.717) is 0 Å². The Balaban J connectivity index is 1.95. The summed E-state index contributed by atoms with van der Waals surface area (Å²) >= 11 is 0. The summed E-state index contributed by atoms with van der Waals surface area (Å²) in [4.78, 5) is 27.1. The Morgan fingerprint density at radius 3 is 2.14 bits per heavy atom. The minimum Gasteiger partial charge on any atom is -0.447 e. The maximum atomic E-state index is 13.5. The number of carbonyl (C=O) groups excluding carboxylic acids is 2. The topological polar surface area (TPSA) is 65.1 Å². The van der Waals surface area contributed by atoms with Crippen molar-refractivity contribution < 1.29 is 23.6 Å². The molecule has 29 heavy (non-hydrogen) atoms. The van der Waals surface area contributed by atoms with Crippen LogP contribution in [0.4, 0.5) is 4.79 Å². The zero-order valence-electron chi connectivity index (χ0n) is 18.5. The second-order valence-electron chi connectivity index (χ2n) is 9.45. The molecule has 0 aliphatic carbocycles. The SMILES string of the molecule is CC(C)[C@H]1COC(=O)N1C(=O)[C@@H](C)[C@H](B1OC(C)(C)C(C)(C)O1)c1ccccc1. The highest BCUT2D eigenvalue weighted by Gasteiger charge is 2.56. The highest BCUT2D eigenvalue weighted by molar-refractivity contribution is 6.48. The van der Waals surface area contributed by atoms with Crippen molar-refractivity contribution in [3.63, 3.8) is 0 Å². The average molecular weight is 401 g/mol. The van der Waals surface area contributed by atoms with Gasteiger partial charge in [-0.15, -0.1) is 0 Å². The quantitative estimate of drug-likeness (QED) is 0.697. The Labute approximate surface area is 174 Å². The molecule has 158 valence electrons. The molecule has 0 spiro atoms. The third-order valence-electron chi connectivity index (χ3n) is 6.59. The lowest BCUT2D eigenvalue weighted by molar-refractivity contribution is -0.133. The van der Waals surface area contributed by atoms with Gasteiger partial charge in [-0.1, -0.05) is 51.1 Å². The number of hydrogen-bond acceptors (Lipinski definition) is 5. The van der Waals surface area contributed by atoms with Crippen molar-refractivity contribution in [1.29, 1.82) is 0 Å². The van der Waals surface area contributed by atoms with Crippen LogP contribution in [0.25, 0.3) is 0 Å². The zero-order chi connectivity index (χ0) is 21.6. The standard InChI is InChI=1S/C22H32BNO5/c1-14(2)17-13-27-20(26)24(17)19(25)15(3)18(16-11-9-8-10-12-16)23-28-21(4,5)22(6,7)29-23/h8-12,14-15,17-18H,13H2,1-7H3/t15-,17+,18-/m0/s1. The molecule has 2 heterocycles. The van der Waals surface area contributed by atoms with Crippen LogP contribution in [-0.4, -0.2) is 47.9 Å². The van der Waals surface area contributed by atoms with Crippen LogP contribution in [-0.2, 0) is 18.8 Å². The third-order valence-corrected chi connectivity index (χ3v) is 6.59. The van der Waals surface area contributed by atoms with Crippen LogP contribution in [0.3, 0.4) is 0 Å². The first-order valence-electron chi connectivity index (χ1n) is 10.4. The van der Waals surface area contributed by atoms with E-state index >= 15 is 0 Å². The van der Waals surface area contributed by atoms with Gasteiger partial charge < -0.3 is 14.0 Å². The number of imide groups is 1. The molecule has 0 aromatic heterocycles. The molecule has 2 saturated heterocycles. The Bertz CT molecular complexity index is 748. The highest BCUT2D eigenvalue weighted by Crippen LogP contribution is 2.43. The lowest BCUT2D eigenvalue weighted by atomic mass is 9.61. The number of rotatable bonds is 5. The minimum absolute atomic E-state index is 0.115. The zero-order valence-corrected chi connectivity index (χ0v) is 18.5. The van der Waals surface area contributed by atoms with E-state index in [2.05, 4.69) is 0 Å². The molecule has 0 saturated carbocycles. The van der Waals surface area contributed by atoms with Crippen LogP contribution in [0.2, 0.25) is 0 Å². The molecular formula is C22H32BNO5. The van der Waals surface area contributed by atoms with E-state index in [-0.39, 0.29) is 30.3 Å². The number of hydrogen-bond donors (Lipinski definition) is 0. The summed E-state index contributed by atoms with van der Waals surface area (Å²) in [6.45, 7) is 14.0. The fourth-order valence-corrected chi connectivity index (χ4v) is 3.95. The molecule has 0 bridgehead atoms. The lowest BCUT2D eigenvalue weighted by Crippen LogP contribution is -2.47. The van der Waals surface area contributed by atoms with Crippen molar-refractivity contribution in [2.45, 2.75) is 71.5 Å². The fourth-order valence-electron chi connectivity index (χ4n) is 3.95. The van der Waals surface area contributed by atoms with Crippen LogP contribution in [0.1, 0.15) is 59.8 Å². The molecule has 2 amide bonds. The Morgan fingerprint density at radius 1 is 1.07 bits per heavy atom. The molecule has 0 unspecified atom stereocenters. The third kappa shape index (κ3) is 3.95. The number of nitrogens with zero attached hydrogens (tertiary/aromatic N) is 1. The average Bonchev–Trinajstić information content (AvgIpc) is 3.12. The maximum Gasteiger partial charge on any atom is 0.466 e. The second-order valence-corrected chi connectivity index (χ2v) is 9.45. The summed E-state index contributed by atoms with van der Waals surface area (Å²) in [6.07, 6.45) is -0.568. The molecule has 6 nitrogen and oxygen atoms in total. The largest absolute Gasteiger partial charge is 0.466 e. The molecule has 0 radical (unpaired) electrons. The maximum absolute atomic E-state index is 13.5. The van der Waals surface area contributed by atoms with Crippen molar-refractivity contribution in [3.05, 3.63) is 35.9 Å². The van der Waals surface area contributed by atoms with Gasteiger partial charge in [-0.2, -0.15) is 0 Å². The summed E-state index contributed by atoms with van der Waals surface area (Å²) < 4.78 is 17.8. The first-order chi connectivity index (χ1) is 13.5. The molecule has 3 rings (SSSR count).